The lowest BCUT2D eigenvalue weighted by atomic mass is 10.0. The molecular weight excluding hydrogens is 346 g/mol. The highest BCUT2D eigenvalue weighted by Gasteiger charge is 2.28. The topological polar surface area (TPSA) is 112 Å². The van der Waals surface area contributed by atoms with Crippen LogP contribution >= 0.6 is 0 Å². The molecule has 0 fully saturated rings. The Morgan fingerprint density at radius 1 is 1.30 bits per heavy atom. The molecule has 0 bridgehead atoms. The predicted octanol–water partition coefficient (Wildman–Crippen LogP) is 1.66. The van der Waals surface area contributed by atoms with Crippen molar-refractivity contribution in [3.63, 3.8) is 0 Å². The van der Waals surface area contributed by atoms with E-state index in [0.717, 1.165) is 31.4 Å². The van der Waals surface area contributed by atoms with Crippen molar-refractivity contribution in [2.75, 3.05) is 6.54 Å². The summed E-state index contributed by atoms with van der Waals surface area (Å²) in [6, 6.07) is 7.93. The van der Waals surface area contributed by atoms with Crippen LogP contribution < -0.4 is 5.32 Å². The van der Waals surface area contributed by atoms with E-state index in [2.05, 4.69) is 31.0 Å². The van der Waals surface area contributed by atoms with Gasteiger partial charge in [0.2, 0.25) is 17.6 Å². The normalized spacial score (nSPS) is 16.6. The third kappa shape index (κ3) is 3.86. The van der Waals surface area contributed by atoms with Crippen LogP contribution in [0.25, 0.3) is 11.4 Å². The van der Waals surface area contributed by atoms with Gasteiger partial charge in [0.1, 0.15) is 0 Å². The zero-order valence-electron chi connectivity index (χ0n) is 15.1. The molecule has 1 aliphatic heterocycles. The number of hydrogen-bond donors (Lipinski definition) is 1. The first kappa shape index (κ1) is 17.3. The van der Waals surface area contributed by atoms with Crippen molar-refractivity contribution in [3.8, 4) is 11.4 Å². The summed E-state index contributed by atoms with van der Waals surface area (Å²) in [6.45, 7) is 3.21. The smallest absolute Gasteiger partial charge is 0.230 e. The molecule has 1 atom stereocenters. The molecule has 0 aliphatic carbocycles. The Bertz CT molecular complexity index is 916. The molecule has 3 heterocycles. The second-order valence-corrected chi connectivity index (χ2v) is 6.73. The van der Waals surface area contributed by atoms with Gasteiger partial charge in [0.25, 0.3) is 0 Å². The number of rotatable bonds is 5. The Morgan fingerprint density at radius 3 is 3.00 bits per heavy atom. The molecule has 9 nitrogen and oxygen atoms in total. The molecule has 0 saturated heterocycles. The van der Waals surface area contributed by atoms with Gasteiger partial charge in [-0.15, -0.1) is 5.10 Å². The van der Waals surface area contributed by atoms with Crippen molar-refractivity contribution in [3.05, 3.63) is 41.5 Å². The molecule has 0 spiro atoms. The molecule has 9 heteroatoms. The summed E-state index contributed by atoms with van der Waals surface area (Å²) in [5.74, 6) is 1.32. The van der Waals surface area contributed by atoms with Gasteiger partial charge in [-0.05, 0) is 30.2 Å². The summed E-state index contributed by atoms with van der Waals surface area (Å²) < 4.78 is 7.02. The van der Waals surface area contributed by atoms with Crippen LogP contribution in [0.1, 0.15) is 42.5 Å². The standard InChI is InChI=1S/C18H21N7O2/c1-12-5-7-13(8-6-12)16-20-15(27-22-16)9-10-19-18(26)14-4-2-3-11-25-17(14)21-23-24-25/h5-8,14H,2-4,9-11H2,1H3,(H,19,26)/t14-/m1/s1. The highest BCUT2D eigenvalue weighted by molar-refractivity contribution is 5.82. The van der Waals surface area contributed by atoms with Crippen molar-refractivity contribution in [2.45, 2.75) is 45.1 Å². The summed E-state index contributed by atoms with van der Waals surface area (Å²) in [4.78, 5) is 17.0. The van der Waals surface area contributed by atoms with Gasteiger partial charge in [0, 0.05) is 25.1 Å². The molecule has 0 radical (unpaired) electrons. The van der Waals surface area contributed by atoms with Gasteiger partial charge >= 0.3 is 0 Å². The number of aromatic nitrogens is 6. The van der Waals surface area contributed by atoms with E-state index < -0.39 is 0 Å². The maximum absolute atomic E-state index is 12.6. The maximum atomic E-state index is 12.6. The second kappa shape index (κ2) is 7.65. The first-order valence-corrected chi connectivity index (χ1v) is 9.14. The van der Waals surface area contributed by atoms with Crippen LogP contribution in [0.5, 0.6) is 0 Å². The number of amides is 1. The number of fused-ring (bicyclic) bond motifs is 1. The summed E-state index contributed by atoms with van der Waals surface area (Å²) in [5.41, 5.74) is 2.08. The number of tetrazole rings is 1. The lowest BCUT2D eigenvalue weighted by molar-refractivity contribution is -0.122. The number of hydrogen-bond acceptors (Lipinski definition) is 7. The Kier molecular flexibility index (Phi) is 4.91. The van der Waals surface area contributed by atoms with Crippen molar-refractivity contribution in [2.24, 2.45) is 0 Å². The van der Waals surface area contributed by atoms with Crippen LogP contribution in [0, 0.1) is 6.92 Å². The van der Waals surface area contributed by atoms with E-state index in [1.54, 1.807) is 4.68 Å². The third-order valence-electron chi connectivity index (χ3n) is 4.72. The van der Waals surface area contributed by atoms with Gasteiger partial charge < -0.3 is 9.84 Å². The number of carbonyl (C=O) groups excluding carboxylic acids is 1. The molecule has 1 amide bonds. The van der Waals surface area contributed by atoms with E-state index in [0.29, 0.717) is 30.5 Å². The number of carbonyl (C=O) groups is 1. The SMILES string of the molecule is Cc1ccc(-c2noc(CCNC(=O)[C@@H]3CCCCn4nnnc43)n2)cc1. The minimum atomic E-state index is -0.312. The number of aryl methyl sites for hydroxylation is 2. The number of nitrogens with zero attached hydrogens (tertiary/aromatic N) is 6. The number of nitrogens with one attached hydrogen (secondary N) is 1. The van der Waals surface area contributed by atoms with E-state index in [1.807, 2.05) is 31.2 Å². The van der Waals surface area contributed by atoms with Gasteiger partial charge in [-0.2, -0.15) is 4.98 Å². The van der Waals surface area contributed by atoms with Gasteiger partial charge in [0.15, 0.2) is 5.82 Å². The van der Waals surface area contributed by atoms with Crippen LogP contribution in [-0.4, -0.2) is 42.8 Å². The van der Waals surface area contributed by atoms with Gasteiger partial charge in [-0.3, -0.25) is 4.79 Å². The van der Waals surface area contributed by atoms with E-state index in [1.165, 1.54) is 5.56 Å². The molecule has 3 aromatic rings. The van der Waals surface area contributed by atoms with Crippen molar-refractivity contribution >= 4 is 5.91 Å². The van der Waals surface area contributed by atoms with Crippen LogP contribution in [0.4, 0.5) is 0 Å². The Labute approximate surface area is 156 Å². The lowest BCUT2D eigenvalue weighted by Crippen LogP contribution is -2.32. The molecule has 0 saturated carbocycles. The molecule has 140 valence electrons. The van der Waals surface area contributed by atoms with Crippen LogP contribution in [0.3, 0.4) is 0 Å². The summed E-state index contributed by atoms with van der Waals surface area (Å²) in [6.07, 6.45) is 3.17. The fourth-order valence-corrected chi connectivity index (χ4v) is 3.20. The fraction of sp³-hybridized carbons (Fsp3) is 0.444. The molecule has 2 aromatic heterocycles. The van der Waals surface area contributed by atoms with Crippen molar-refractivity contribution in [1.29, 1.82) is 0 Å². The van der Waals surface area contributed by atoms with E-state index in [9.17, 15) is 4.79 Å². The predicted molar refractivity (Wildman–Crippen MR) is 95.6 cm³/mol. The molecule has 1 aromatic carbocycles. The Morgan fingerprint density at radius 2 is 2.15 bits per heavy atom. The highest BCUT2D eigenvalue weighted by Crippen LogP contribution is 2.24. The highest BCUT2D eigenvalue weighted by atomic mass is 16.5. The largest absolute Gasteiger partial charge is 0.355 e. The van der Waals surface area contributed by atoms with Crippen LogP contribution in [0.2, 0.25) is 0 Å². The zero-order chi connectivity index (χ0) is 18.6. The first-order chi connectivity index (χ1) is 13.2. The summed E-state index contributed by atoms with van der Waals surface area (Å²) in [5, 5.41) is 18.6. The Balaban J connectivity index is 1.34. The lowest BCUT2D eigenvalue weighted by Gasteiger charge is -2.12. The van der Waals surface area contributed by atoms with E-state index in [4.69, 9.17) is 4.52 Å². The second-order valence-electron chi connectivity index (χ2n) is 6.73. The molecule has 27 heavy (non-hydrogen) atoms. The van der Waals surface area contributed by atoms with E-state index in [-0.39, 0.29) is 11.8 Å². The molecule has 4 rings (SSSR count). The Hall–Kier alpha value is -3.10. The molecule has 0 unspecified atom stereocenters. The molecular formula is C18H21N7O2. The van der Waals surface area contributed by atoms with E-state index >= 15 is 0 Å². The van der Waals surface area contributed by atoms with Gasteiger partial charge in [0.05, 0.1) is 5.92 Å². The third-order valence-corrected chi connectivity index (χ3v) is 4.72. The first-order valence-electron chi connectivity index (χ1n) is 9.14. The molecule has 1 N–H and O–H groups in total. The minimum Gasteiger partial charge on any atom is -0.355 e. The van der Waals surface area contributed by atoms with Crippen molar-refractivity contribution < 1.29 is 9.32 Å². The summed E-state index contributed by atoms with van der Waals surface area (Å²) >= 11 is 0. The van der Waals surface area contributed by atoms with Crippen LogP contribution in [-0.2, 0) is 17.8 Å². The van der Waals surface area contributed by atoms with Gasteiger partial charge in [-0.25, -0.2) is 4.68 Å². The average molecular weight is 367 g/mol. The monoisotopic (exact) mass is 367 g/mol. The zero-order valence-corrected chi connectivity index (χ0v) is 15.1. The summed E-state index contributed by atoms with van der Waals surface area (Å²) in [7, 11) is 0. The van der Waals surface area contributed by atoms with Crippen LogP contribution in [0.15, 0.2) is 28.8 Å². The quantitative estimate of drug-likeness (QED) is 0.730. The fourth-order valence-electron chi connectivity index (χ4n) is 3.20. The molecule has 1 aliphatic rings. The maximum Gasteiger partial charge on any atom is 0.230 e. The van der Waals surface area contributed by atoms with Crippen molar-refractivity contribution in [1.82, 2.24) is 35.7 Å². The van der Waals surface area contributed by atoms with Gasteiger partial charge in [-0.1, -0.05) is 41.4 Å². The average Bonchev–Trinajstić information content (AvgIpc) is 3.28. The minimum absolute atomic E-state index is 0.0637. The number of benzene rings is 1.